The van der Waals surface area contributed by atoms with Crippen LogP contribution < -0.4 is 16.0 Å². The van der Waals surface area contributed by atoms with Crippen molar-refractivity contribution in [1.29, 1.82) is 0 Å². The molecular formula is C54H114N6O10P+3. The van der Waals surface area contributed by atoms with Crippen LogP contribution >= 0.6 is 7.82 Å². The van der Waals surface area contributed by atoms with Crippen molar-refractivity contribution in [3.63, 3.8) is 0 Å². The third kappa shape index (κ3) is 44.3. The summed E-state index contributed by atoms with van der Waals surface area (Å²) in [4.78, 5) is 37.1. The third-order valence-electron chi connectivity index (χ3n) is 13.2. The van der Waals surface area contributed by atoms with Crippen LogP contribution in [0, 0.1) is 0 Å². The molecule has 0 saturated carbocycles. The van der Waals surface area contributed by atoms with Gasteiger partial charge in [0.1, 0.15) is 37.9 Å². The number of aliphatic hydroxyl groups is 3. The first-order chi connectivity index (χ1) is 33.7. The normalized spacial score (nSPS) is 14.5. The van der Waals surface area contributed by atoms with Gasteiger partial charge in [0.2, 0.25) is 17.7 Å². The molecule has 3 unspecified atom stereocenters. The van der Waals surface area contributed by atoms with Crippen LogP contribution in [0.3, 0.4) is 0 Å². The van der Waals surface area contributed by atoms with E-state index >= 15 is 0 Å². The van der Waals surface area contributed by atoms with Crippen LogP contribution in [0.4, 0.5) is 0 Å². The average Bonchev–Trinajstić information content (AvgIpc) is 3.30. The topological polar surface area (TPSA) is 193 Å². The molecule has 6 N–H and O–H groups in total. The number of aliphatic hydroxyl groups excluding tert-OH is 3. The molecule has 422 valence electrons. The highest BCUT2D eigenvalue weighted by atomic mass is 31.2. The maximum atomic E-state index is 14.2. The van der Waals surface area contributed by atoms with Gasteiger partial charge in [0.05, 0.1) is 81.7 Å². The zero-order valence-electron chi connectivity index (χ0n) is 47.3. The highest BCUT2D eigenvalue weighted by Crippen LogP contribution is 2.50. The number of carbonyl (C=O) groups excluding carboxylic acids is 3. The van der Waals surface area contributed by atoms with Gasteiger partial charge in [-0.3, -0.25) is 28.0 Å². The smallest absolute Gasteiger partial charge is 0.385 e. The van der Waals surface area contributed by atoms with E-state index in [1.807, 2.05) is 42.3 Å². The van der Waals surface area contributed by atoms with Gasteiger partial charge in [-0.05, 0) is 19.3 Å². The Bertz CT molecular complexity index is 1220. The Balaban J connectivity index is 5.21. The van der Waals surface area contributed by atoms with E-state index in [1.54, 1.807) is 0 Å². The molecule has 0 saturated heterocycles. The molecule has 0 aliphatic heterocycles. The SMILES string of the molecule is CCCCCCCCCC(=O)NCCC[N+](C)(C)CC(O)COP(=O)(OCC(O)C[N+](C)(C)CCCNC(=O)CCCCCCCCC)OCC(O)C[N+](C)(C)CCCNC(=O)CCCCCCCCC. The number of unbranched alkanes of at least 4 members (excludes halogenated alkanes) is 18. The number of quaternary nitrogens is 3. The number of carbonyl (C=O) groups is 3. The van der Waals surface area contributed by atoms with Gasteiger partial charge < -0.3 is 44.7 Å². The number of hydrogen-bond acceptors (Lipinski definition) is 10. The zero-order valence-corrected chi connectivity index (χ0v) is 48.2. The molecule has 0 fully saturated rings. The maximum Gasteiger partial charge on any atom is 0.475 e. The van der Waals surface area contributed by atoms with Gasteiger partial charge in [-0.1, -0.05) is 136 Å². The third-order valence-corrected chi connectivity index (χ3v) is 14.6. The Morgan fingerprint density at radius 1 is 0.394 bits per heavy atom. The van der Waals surface area contributed by atoms with E-state index in [0.717, 1.165) is 57.8 Å². The highest BCUT2D eigenvalue weighted by Gasteiger charge is 2.34. The van der Waals surface area contributed by atoms with E-state index in [2.05, 4.69) is 36.7 Å². The van der Waals surface area contributed by atoms with Gasteiger partial charge in [0.15, 0.2) is 0 Å². The lowest BCUT2D eigenvalue weighted by atomic mass is 10.1. The van der Waals surface area contributed by atoms with E-state index in [1.165, 1.54) is 96.3 Å². The molecule has 16 nitrogen and oxygen atoms in total. The summed E-state index contributed by atoms with van der Waals surface area (Å²) in [6, 6.07) is 0. The van der Waals surface area contributed by atoms with Crippen LogP contribution in [0.15, 0.2) is 0 Å². The van der Waals surface area contributed by atoms with Crippen LogP contribution in [0.25, 0.3) is 0 Å². The summed E-state index contributed by atoms with van der Waals surface area (Å²) in [5, 5.41) is 42.3. The van der Waals surface area contributed by atoms with E-state index in [-0.39, 0.29) is 57.2 Å². The minimum atomic E-state index is -4.39. The number of hydrogen-bond donors (Lipinski definition) is 6. The highest BCUT2D eigenvalue weighted by molar-refractivity contribution is 7.48. The minimum absolute atomic E-state index is 0.0671. The molecule has 0 bridgehead atoms. The second-order valence-electron chi connectivity index (χ2n) is 22.5. The number of phosphoric acid groups is 1. The van der Waals surface area contributed by atoms with E-state index in [4.69, 9.17) is 13.6 Å². The number of likely N-dealkylation sites (N-methyl/N-ethyl adjacent to an activating group) is 3. The lowest BCUT2D eigenvalue weighted by Gasteiger charge is -2.33. The fraction of sp³-hybridized carbons (Fsp3) is 0.944. The Morgan fingerprint density at radius 3 is 0.859 bits per heavy atom. The fourth-order valence-corrected chi connectivity index (χ4v) is 10.3. The standard InChI is InChI=1S/C54H111N6O10P/c1-10-13-16-19-22-25-28-34-52(64)55-37-31-40-58(4,5)43-49(61)46-68-71(67,69-47-50(62)44-59(6,7)41-32-38-56-53(65)35-29-26-23-20-17-14-11-2)70-48-51(63)45-60(8,9)42-33-39-57-54(66)36-30-27-24-21-18-15-12-3/h49-51,61-63H,10-48H2,1-9H3/p+3. The van der Waals surface area contributed by atoms with Crippen molar-refractivity contribution in [2.75, 3.05) is 121 Å². The lowest BCUT2D eigenvalue weighted by Crippen LogP contribution is -2.48. The molecule has 71 heavy (non-hydrogen) atoms. The summed E-state index contributed by atoms with van der Waals surface area (Å²) < 4.78 is 32.6. The van der Waals surface area contributed by atoms with Gasteiger partial charge in [-0.2, -0.15) is 0 Å². The van der Waals surface area contributed by atoms with Crippen molar-refractivity contribution in [2.24, 2.45) is 0 Å². The van der Waals surface area contributed by atoms with Gasteiger partial charge in [0.25, 0.3) is 0 Å². The molecule has 3 amide bonds. The molecule has 17 heteroatoms. The van der Waals surface area contributed by atoms with E-state index < -0.39 is 26.1 Å². The number of amides is 3. The first-order valence-corrected chi connectivity index (χ1v) is 30.0. The van der Waals surface area contributed by atoms with Gasteiger partial charge >= 0.3 is 7.82 Å². The molecule has 0 heterocycles. The van der Waals surface area contributed by atoms with Crippen molar-refractivity contribution in [1.82, 2.24) is 16.0 Å². The average molecular weight is 1040 g/mol. The molecule has 0 aromatic rings. The van der Waals surface area contributed by atoms with Crippen LogP contribution in [-0.2, 0) is 32.5 Å². The molecule has 0 aliphatic carbocycles. The van der Waals surface area contributed by atoms with Gasteiger partial charge in [0, 0.05) is 58.2 Å². The van der Waals surface area contributed by atoms with Crippen molar-refractivity contribution in [3.05, 3.63) is 0 Å². The van der Waals surface area contributed by atoms with E-state index in [0.29, 0.717) is 72.0 Å². The largest absolute Gasteiger partial charge is 0.475 e. The van der Waals surface area contributed by atoms with Crippen molar-refractivity contribution in [3.8, 4) is 0 Å². The van der Waals surface area contributed by atoms with Crippen LogP contribution in [0.1, 0.15) is 194 Å². The molecule has 0 aliphatic rings. The number of nitrogens with one attached hydrogen (secondary N) is 3. The number of rotatable bonds is 51. The van der Waals surface area contributed by atoms with Crippen LogP contribution in [-0.4, -0.2) is 186 Å². The first kappa shape index (κ1) is 69.3. The summed E-state index contributed by atoms with van der Waals surface area (Å²) in [6.07, 6.45) is 25.1. The zero-order chi connectivity index (χ0) is 53.3. The Labute approximate surface area is 434 Å². The second kappa shape index (κ2) is 42.5. The molecular weight excluding hydrogens is 924 g/mol. The quantitative estimate of drug-likeness (QED) is 0.0196. The fourth-order valence-electron chi connectivity index (χ4n) is 8.99. The summed E-state index contributed by atoms with van der Waals surface area (Å²) in [7, 11) is 7.44. The molecule has 0 aromatic heterocycles. The number of phosphoric ester groups is 1. The lowest BCUT2D eigenvalue weighted by molar-refractivity contribution is -0.893. The summed E-state index contributed by atoms with van der Waals surface area (Å²) in [5.74, 6) is 0.201. The second-order valence-corrected chi connectivity index (χ2v) is 24.2. The Kier molecular flexibility index (Phi) is 41.5. The molecule has 3 atom stereocenters. The van der Waals surface area contributed by atoms with Crippen molar-refractivity contribution < 1.29 is 61.3 Å². The van der Waals surface area contributed by atoms with Crippen LogP contribution in [0.2, 0.25) is 0 Å². The summed E-state index contributed by atoms with van der Waals surface area (Å²) >= 11 is 0. The van der Waals surface area contributed by atoms with Crippen molar-refractivity contribution in [2.45, 2.75) is 212 Å². The maximum absolute atomic E-state index is 14.2. The van der Waals surface area contributed by atoms with E-state index in [9.17, 15) is 34.3 Å². The van der Waals surface area contributed by atoms with Crippen molar-refractivity contribution >= 4 is 25.5 Å². The summed E-state index contributed by atoms with van der Waals surface area (Å²) in [6.45, 7) is 10.0. The molecule has 0 rings (SSSR count). The minimum Gasteiger partial charge on any atom is -0.385 e. The molecule has 0 spiro atoms. The summed E-state index contributed by atoms with van der Waals surface area (Å²) in [5.41, 5.74) is 0. The molecule has 0 radical (unpaired) electrons. The van der Waals surface area contributed by atoms with Gasteiger partial charge in [-0.15, -0.1) is 0 Å². The Morgan fingerprint density at radius 2 is 0.620 bits per heavy atom. The Hall–Kier alpha value is -1.72. The molecule has 0 aromatic carbocycles. The number of nitrogens with zero attached hydrogens (tertiary/aromatic N) is 3. The van der Waals surface area contributed by atoms with Gasteiger partial charge in [-0.25, -0.2) is 4.57 Å². The monoisotopic (exact) mass is 1040 g/mol. The van der Waals surface area contributed by atoms with Crippen LogP contribution in [0.5, 0.6) is 0 Å². The predicted molar refractivity (Wildman–Crippen MR) is 290 cm³/mol. The first-order valence-electron chi connectivity index (χ1n) is 28.5. The predicted octanol–water partition coefficient (Wildman–Crippen LogP) is 8.40.